The van der Waals surface area contributed by atoms with Crippen LogP contribution in [0.25, 0.3) is 10.4 Å². The number of aliphatic hydroxyl groups excluding tert-OH is 9. The van der Waals surface area contributed by atoms with Crippen LogP contribution in [0.1, 0.15) is 110 Å². The van der Waals surface area contributed by atoms with E-state index >= 15 is 0 Å². The van der Waals surface area contributed by atoms with Crippen molar-refractivity contribution in [3.8, 4) is 46.8 Å². The van der Waals surface area contributed by atoms with Gasteiger partial charge in [-0.3, -0.25) is 0 Å². The summed E-state index contributed by atoms with van der Waals surface area (Å²) in [5, 5.41) is 103. The van der Waals surface area contributed by atoms with Crippen LogP contribution in [0.5, 0.6) is 34.5 Å². The van der Waals surface area contributed by atoms with Gasteiger partial charge in [0, 0.05) is 21.2 Å². The fraction of sp³-hybridized carbons (Fsp3) is 0.447. The molecule has 103 heavy (non-hydrogen) atoms. The number of aryl methyl sites for hydroxylation is 3. The Labute approximate surface area is 618 Å². The minimum atomic E-state index is -0.841. The number of nitrogens with zero attached hydrogens (tertiary/aromatic N) is 9. The van der Waals surface area contributed by atoms with Crippen molar-refractivity contribution in [1.29, 1.82) is 0 Å². The molecule has 6 aromatic carbocycles. The van der Waals surface area contributed by atoms with Gasteiger partial charge in [0.15, 0.2) is 0 Å². The average Bonchev–Trinajstić information content (AvgIpc) is 1.63. The van der Waals surface area contributed by atoms with Crippen LogP contribution in [0.3, 0.4) is 0 Å². The fourth-order valence-electron chi connectivity index (χ4n) is 10.0. The Morgan fingerprint density at radius 2 is 0.835 bits per heavy atom. The third-order valence-electron chi connectivity index (χ3n) is 16.4. The zero-order valence-corrected chi connectivity index (χ0v) is 61.3. The number of alkyl halides is 3. The lowest BCUT2D eigenvalue weighted by Crippen LogP contribution is -2.25. The highest BCUT2D eigenvalue weighted by Gasteiger charge is 2.28. The monoisotopic (exact) mass is 1480 g/mol. The molecule has 0 fully saturated rings. The van der Waals surface area contributed by atoms with Crippen LogP contribution in [0, 0.1) is 33.1 Å². The summed E-state index contributed by atoms with van der Waals surface area (Å²) in [6.45, 7) is 19.4. The van der Waals surface area contributed by atoms with Gasteiger partial charge in [0.2, 0.25) is 0 Å². The summed E-state index contributed by atoms with van der Waals surface area (Å²) in [4.78, 5) is 2.62. The molecule has 24 nitrogen and oxygen atoms in total. The van der Waals surface area contributed by atoms with Gasteiger partial charge in [-0.2, -0.15) is 0 Å². The summed E-state index contributed by atoms with van der Waals surface area (Å²) in [5.41, 5.74) is 18.2. The highest BCUT2D eigenvalue weighted by atomic mass is 35.5. The van der Waals surface area contributed by atoms with Crippen LogP contribution < -0.4 is 28.4 Å². The van der Waals surface area contributed by atoms with Gasteiger partial charge in [0.05, 0.1) is 74.7 Å². The van der Waals surface area contributed by atoms with Gasteiger partial charge in [-0.05, 0) is 131 Å². The Balaban J connectivity index is 0.000000318. The molecule has 560 valence electrons. The number of ether oxygens (including phenoxy) is 6. The van der Waals surface area contributed by atoms with Gasteiger partial charge >= 0.3 is 0 Å². The number of aliphatic hydroxyl groups is 9. The van der Waals surface area contributed by atoms with E-state index in [1.165, 1.54) is 15.6 Å². The lowest BCUT2D eigenvalue weighted by Gasteiger charge is -2.27. The summed E-state index contributed by atoms with van der Waals surface area (Å²) in [5.74, 6) is 6.51. The molecule has 9 N–H and O–H groups in total. The number of rotatable bonds is 35. The van der Waals surface area contributed by atoms with E-state index in [4.69, 9.17) is 79.0 Å². The standard InChI is InChI=1S/2C25H32ClN3O5.C22H28ClN3O4.C3H4O.CH4/c1-17-10-19(6-9-24(17)34-15-21(31)11-26)25(2,3)18-4-7-23(8-5-18)33-16-22(32)13-29-12-20(14-30)27-28-29;1-17-10-19(6-9-24(17)34-15-21(31)11-26)25(2,3)18-4-7-23(8-5-18)33-16-22(32)13-29-20(14-30)12-27-28-29;1-15-10-17(6-9-21(15)30-13-18(27)11-23)22(2,3)16-4-7-20(8-5-16)29-14-19(28)12-25-26-24;1-2-3-4;/h2*4-10,12,21-22,30-32H,11,13-16H2,1-3H3;4-10,18-19,27-28H,11-14H2,1-3H3;1,4H,3H2;1H4/t2*21-,22-;18-,19-;;/m111../s1. The molecule has 0 spiro atoms. The molecule has 0 bridgehead atoms. The van der Waals surface area contributed by atoms with Crippen LogP contribution in [0.4, 0.5) is 0 Å². The van der Waals surface area contributed by atoms with E-state index in [9.17, 15) is 35.7 Å². The molecular weight excluding hydrogens is 1390 g/mol. The molecule has 8 rings (SSSR count). The molecule has 2 heterocycles. The molecule has 0 saturated carbocycles. The molecule has 2 aromatic heterocycles. The zero-order chi connectivity index (χ0) is 75.0. The Morgan fingerprint density at radius 1 is 0.495 bits per heavy atom. The SMILES string of the molecule is C.C#CCO.Cc1cc(C(C)(C)c2ccc(OC[C@H](O)CN=[N+]=[N-])cc2)ccc1OC[C@H](O)CCl.Cc1cc(C(C)(C)c2ccc(OC[C@H](O)Cn3cc(CO)nn3)cc2)ccc1OC[C@H](O)CCl.Cc1cc(C(C)(C)c2ccc(OC[C@H](O)Cn3nncc3CO)cc2)ccc1OC[C@H](O)CCl. The van der Waals surface area contributed by atoms with Gasteiger partial charge in [-0.25, -0.2) is 9.36 Å². The van der Waals surface area contributed by atoms with Crippen LogP contribution in [-0.2, 0) is 42.5 Å². The molecule has 0 aliphatic rings. The largest absolute Gasteiger partial charge is 0.491 e. The number of hydrogen-bond donors (Lipinski definition) is 9. The van der Waals surface area contributed by atoms with Crippen molar-refractivity contribution in [2.24, 2.45) is 5.11 Å². The van der Waals surface area contributed by atoms with Gasteiger partial charge < -0.3 is 74.4 Å². The smallest absolute Gasteiger partial charge is 0.122 e. The van der Waals surface area contributed by atoms with E-state index in [1.807, 2.05) is 136 Å². The zero-order valence-electron chi connectivity index (χ0n) is 59.1. The number of benzene rings is 6. The molecule has 0 aliphatic heterocycles. The average molecular weight is 1490 g/mol. The number of halogens is 3. The van der Waals surface area contributed by atoms with Crippen molar-refractivity contribution in [1.82, 2.24) is 30.0 Å². The Kier molecular flexibility index (Phi) is 37.1. The lowest BCUT2D eigenvalue weighted by atomic mass is 9.77. The van der Waals surface area contributed by atoms with Crippen LogP contribution in [0.15, 0.2) is 145 Å². The van der Waals surface area contributed by atoms with E-state index in [0.29, 0.717) is 28.6 Å². The number of azide groups is 1. The van der Waals surface area contributed by atoms with E-state index in [-0.39, 0.29) is 120 Å². The Bertz CT molecular complexity index is 3870. The topological polar surface area (TPSA) is 348 Å². The first-order valence-corrected chi connectivity index (χ1v) is 34.5. The molecule has 6 atom stereocenters. The third kappa shape index (κ3) is 27.7. The quantitative estimate of drug-likeness (QED) is 0.00586. The van der Waals surface area contributed by atoms with E-state index < -0.39 is 36.6 Å². The van der Waals surface area contributed by atoms with Crippen molar-refractivity contribution < 1.29 is 74.4 Å². The summed E-state index contributed by atoms with van der Waals surface area (Å²) in [6.07, 6.45) is 3.09. The summed E-state index contributed by atoms with van der Waals surface area (Å²) >= 11 is 16.9. The lowest BCUT2D eigenvalue weighted by molar-refractivity contribution is 0.0866. The molecule has 0 aliphatic carbocycles. The maximum Gasteiger partial charge on any atom is 0.122 e. The number of hydrogen-bond acceptors (Lipinski definition) is 20. The highest BCUT2D eigenvalue weighted by molar-refractivity contribution is 6.18. The Morgan fingerprint density at radius 3 is 1.15 bits per heavy atom. The predicted octanol–water partition coefficient (Wildman–Crippen LogP) is 10.2. The molecule has 0 amide bonds. The van der Waals surface area contributed by atoms with Crippen molar-refractivity contribution in [3.05, 3.63) is 212 Å². The minimum Gasteiger partial charge on any atom is -0.491 e. The summed E-state index contributed by atoms with van der Waals surface area (Å²) in [7, 11) is 0. The fourth-order valence-corrected chi connectivity index (χ4v) is 10.3. The molecular formula is C76H100Cl3N9O15. The second-order valence-electron chi connectivity index (χ2n) is 25.6. The second-order valence-corrected chi connectivity index (χ2v) is 26.5. The second kappa shape index (κ2) is 43.8. The number of aromatic nitrogens is 6. The minimum absolute atomic E-state index is 0. The highest BCUT2D eigenvalue weighted by Crippen LogP contribution is 2.38. The van der Waals surface area contributed by atoms with Crippen molar-refractivity contribution in [2.45, 2.75) is 149 Å². The van der Waals surface area contributed by atoms with E-state index in [2.05, 4.69) is 96.8 Å². The summed E-state index contributed by atoms with van der Waals surface area (Å²) < 4.78 is 37.0. The molecule has 8 aromatic rings. The van der Waals surface area contributed by atoms with Gasteiger partial charge in [-0.15, -0.1) is 51.4 Å². The maximum absolute atomic E-state index is 10.2. The van der Waals surface area contributed by atoms with Gasteiger partial charge in [-0.1, -0.05) is 143 Å². The maximum atomic E-state index is 10.2. The van der Waals surface area contributed by atoms with Crippen LogP contribution in [0.2, 0.25) is 0 Å². The van der Waals surface area contributed by atoms with E-state index in [0.717, 1.165) is 67.3 Å². The van der Waals surface area contributed by atoms with Crippen molar-refractivity contribution in [3.63, 3.8) is 0 Å². The molecule has 27 heteroatoms. The number of terminal acetylenes is 1. The first-order valence-electron chi connectivity index (χ1n) is 32.9. The molecule has 0 radical (unpaired) electrons. The predicted molar refractivity (Wildman–Crippen MR) is 399 cm³/mol. The molecule has 0 unspecified atom stereocenters. The first-order chi connectivity index (χ1) is 48.6. The van der Waals surface area contributed by atoms with Crippen molar-refractivity contribution in [2.75, 3.05) is 70.4 Å². The van der Waals surface area contributed by atoms with Crippen LogP contribution >= 0.6 is 34.8 Å². The van der Waals surface area contributed by atoms with E-state index in [1.54, 1.807) is 6.20 Å². The summed E-state index contributed by atoms with van der Waals surface area (Å²) in [6, 6.07) is 41.4. The van der Waals surface area contributed by atoms with Gasteiger partial charge in [0.1, 0.15) is 117 Å². The van der Waals surface area contributed by atoms with Gasteiger partial charge in [0.25, 0.3) is 0 Å². The normalized spacial score (nSPS) is 13.0. The van der Waals surface area contributed by atoms with Crippen molar-refractivity contribution >= 4 is 34.8 Å². The molecule has 0 saturated heterocycles. The first kappa shape index (κ1) is 87.2. The Hall–Kier alpha value is -8.22. The third-order valence-corrected chi connectivity index (χ3v) is 17.5. The van der Waals surface area contributed by atoms with Crippen LogP contribution in [-0.4, -0.2) is 183 Å².